The third-order valence-corrected chi connectivity index (χ3v) is 8.26. The van der Waals surface area contributed by atoms with Crippen molar-refractivity contribution in [3.05, 3.63) is 60.2 Å². The van der Waals surface area contributed by atoms with Crippen LogP contribution in [0.3, 0.4) is 0 Å². The molecule has 1 heterocycles. The van der Waals surface area contributed by atoms with Gasteiger partial charge in [-0.05, 0) is 35.8 Å². The van der Waals surface area contributed by atoms with Crippen LogP contribution in [0.15, 0.2) is 54.6 Å². The Labute approximate surface area is 258 Å². The lowest BCUT2D eigenvalue weighted by atomic mass is 9.84. The molecule has 1 fully saturated rings. The fourth-order valence-electron chi connectivity index (χ4n) is 4.69. The SMILES string of the molecule is O=P([O-])([O-])O[C@H]1[C@H](OP(=O)([O-])[O-])[C@@H](OP(=O)([O-])[O-])[C@@H](On2nnc3ccccc32)[C@@H](OCCCc2ccccc2)[C@@H]1OP(=O)([O-])[O-]. The van der Waals surface area contributed by atoms with Crippen LogP contribution < -0.4 is 44.0 Å². The van der Waals surface area contributed by atoms with Gasteiger partial charge in [0.25, 0.3) is 0 Å². The number of phosphoric ester groups is 4. The largest absolute Gasteiger partial charge is 0.790 e. The number of para-hydroxylation sites is 1. The van der Waals surface area contributed by atoms with Gasteiger partial charge in [0.05, 0.1) is 31.3 Å². The summed E-state index contributed by atoms with van der Waals surface area (Å²) in [5.41, 5.74) is 0.940. The van der Waals surface area contributed by atoms with Crippen LogP contribution >= 0.6 is 31.3 Å². The van der Waals surface area contributed by atoms with E-state index in [1.165, 1.54) is 24.3 Å². The van der Waals surface area contributed by atoms with E-state index in [2.05, 4.69) is 28.4 Å². The molecule has 0 spiro atoms. The highest BCUT2D eigenvalue weighted by Gasteiger charge is 2.57. The molecule has 3 aromatic rings. The second kappa shape index (κ2) is 14.7. The van der Waals surface area contributed by atoms with Crippen molar-refractivity contribution < 1.29 is 85.1 Å². The smallest absolute Gasteiger partial charge is 0.185 e. The van der Waals surface area contributed by atoms with Crippen LogP contribution in [0.4, 0.5) is 0 Å². The Kier molecular flexibility index (Phi) is 11.7. The van der Waals surface area contributed by atoms with Gasteiger partial charge in [-0.3, -0.25) is 0 Å². The molecule has 21 nitrogen and oxygen atoms in total. The lowest BCUT2D eigenvalue weighted by molar-refractivity contribution is -0.381. The summed E-state index contributed by atoms with van der Waals surface area (Å²) in [6, 6.07) is 14.4. The van der Waals surface area contributed by atoms with Crippen molar-refractivity contribution in [1.29, 1.82) is 0 Å². The molecule has 0 N–H and O–H groups in total. The number of phosphoric acid groups is 4. The molecule has 0 radical (unpaired) electrons. The van der Waals surface area contributed by atoms with Crippen molar-refractivity contribution in [2.24, 2.45) is 0 Å². The maximum absolute atomic E-state index is 11.8. The zero-order valence-corrected chi connectivity index (χ0v) is 26.3. The molecule has 0 amide bonds. The van der Waals surface area contributed by atoms with Gasteiger partial charge in [-0.1, -0.05) is 47.3 Å². The summed E-state index contributed by atoms with van der Waals surface area (Å²) in [6.45, 7) is -0.440. The van der Waals surface area contributed by atoms with Gasteiger partial charge in [0, 0.05) is 6.61 Å². The van der Waals surface area contributed by atoms with Gasteiger partial charge in [0.2, 0.25) is 0 Å². The van der Waals surface area contributed by atoms with Gasteiger partial charge in [0.15, 0.2) is 6.10 Å². The van der Waals surface area contributed by atoms with E-state index in [0.29, 0.717) is 11.3 Å². The summed E-state index contributed by atoms with van der Waals surface area (Å²) in [5, 5.41) is 7.43. The fourth-order valence-corrected chi connectivity index (χ4v) is 6.84. The molecule has 0 unspecified atom stereocenters. The predicted molar refractivity (Wildman–Crippen MR) is 132 cm³/mol. The Morgan fingerprint density at radius 2 is 1.07 bits per heavy atom. The first kappa shape index (κ1) is 36.9. The van der Waals surface area contributed by atoms with Crippen molar-refractivity contribution in [3.8, 4) is 0 Å². The maximum atomic E-state index is 11.8. The molecule has 1 aliphatic carbocycles. The zero-order chi connectivity index (χ0) is 33.9. The molecule has 0 aliphatic heterocycles. The highest BCUT2D eigenvalue weighted by atomic mass is 31.2. The van der Waals surface area contributed by atoms with Gasteiger partial charge >= 0.3 is 0 Å². The molecule has 25 heteroatoms. The number of rotatable bonds is 15. The monoisotopic (exact) mass is 727 g/mol. The van der Waals surface area contributed by atoms with Gasteiger partial charge in [-0.15, -0.1) is 5.10 Å². The summed E-state index contributed by atoms with van der Waals surface area (Å²) < 4.78 is 70.1. The van der Waals surface area contributed by atoms with Crippen molar-refractivity contribution in [1.82, 2.24) is 15.2 Å². The standard InChI is InChI=1S/C21H29N3O18P4/c25-43(26,27)39-18-16(37-12-6-9-13-7-2-1-3-8-13)17(38-24-15-11-5-4-10-14(15)22-23-24)19(40-44(28,29)30)21(42-46(34,35)36)20(18)41-45(31,32)33/h1-5,7-8,10-11,16-21H,6,9,12H2,(H2,25,26,27)(H2,28,29,30)(H2,31,32,33)(H2,34,35,36)/p-8/t16-,17+,18+,19+,20-,21-/m1/s1. The van der Waals surface area contributed by atoms with Crippen LogP contribution in [0.2, 0.25) is 0 Å². The lowest BCUT2D eigenvalue weighted by Crippen LogP contribution is -2.69. The number of fused-ring (bicyclic) bond motifs is 1. The van der Waals surface area contributed by atoms with Gasteiger partial charge in [0.1, 0.15) is 41.6 Å². The Bertz CT molecular complexity index is 1650. The predicted octanol–water partition coefficient (Wildman–Crippen LogP) is -4.88. The summed E-state index contributed by atoms with van der Waals surface area (Å²) >= 11 is 0. The third-order valence-electron chi connectivity index (χ3n) is 6.25. The van der Waals surface area contributed by atoms with E-state index in [0.717, 1.165) is 5.56 Å². The van der Waals surface area contributed by atoms with E-state index in [1.807, 2.05) is 0 Å². The van der Waals surface area contributed by atoms with E-state index in [-0.39, 0.29) is 17.5 Å². The fraction of sp³-hybridized carbons (Fsp3) is 0.429. The molecule has 1 saturated carbocycles. The van der Waals surface area contributed by atoms with Crippen LogP contribution in [0, 0.1) is 0 Å². The zero-order valence-electron chi connectivity index (χ0n) is 22.8. The number of hydrogen-bond donors (Lipinski definition) is 0. The second-order valence-electron chi connectivity index (χ2n) is 9.51. The summed E-state index contributed by atoms with van der Waals surface area (Å²) in [4.78, 5) is 100. The highest BCUT2D eigenvalue weighted by molar-refractivity contribution is 7.44. The molecule has 1 aromatic heterocycles. The van der Waals surface area contributed by atoms with E-state index in [9.17, 15) is 57.4 Å². The van der Waals surface area contributed by atoms with E-state index in [4.69, 9.17) is 9.57 Å². The number of benzene rings is 2. The Morgan fingerprint density at radius 3 is 1.59 bits per heavy atom. The van der Waals surface area contributed by atoms with Gasteiger partial charge < -0.3 is 85.1 Å². The first-order valence-corrected chi connectivity index (χ1v) is 18.6. The van der Waals surface area contributed by atoms with Crippen molar-refractivity contribution in [3.63, 3.8) is 0 Å². The van der Waals surface area contributed by atoms with E-state index >= 15 is 0 Å². The minimum absolute atomic E-state index is 0.0186. The molecule has 2 aromatic carbocycles. The Morgan fingerprint density at radius 1 is 0.609 bits per heavy atom. The molecule has 256 valence electrons. The Balaban J connectivity index is 1.86. The van der Waals surface area contributed by atoms with Crippen LogP contribution in [0.5, 0.6) is 0 Å². The van der Waals surface area contributed by atoms with Gasteiger partial charge in [-0.25, -0.2) is 0 Å². The molecule has 6 atom stereocenters. The normalized spacial score (nSPS) is 24.7. The van der Waals surface area contributed by atoms with Crippen LogP contribution in [-0.2, 0) is 47.5 Å². The number of aromatic nitrogens is 3. The summed E-state index contributed by atoms with van der Waals surface area (Å²) in [7, 11) is -25.4. The first-order chi connectivity index (χ1) is 21.3. The summed E-state index contributed by atoms with van der Waals surface area (Å²) in [5.74, 6) is 0. The topological polar surface area (TPSA) is 339 Å². The highest BCUT2D eigenvalue weighted by Crippen LogP contribution is 2.48. The van der Waals surface area contributed by atoms with Crippen LogP contribution in [0.25, 0.3) is 11.0 Å². The molecular formula is C21H21N3O18P4-8. The van der Waals surface area contributed by atoms with E-state index in [1.54, 1.807) is 30.3 Å². The van der Waals surface area contributed by atoms with E-state index < -0.39 is 74.5 Å². The first-order valence-electron chi connectivity index (χ1n) is 12.7. The lowest BCUT2D eigenvalue weighted by Gasteiger charge is -2.54. The Hall–Kier alpha value is -1.96. The molecule has 0 bridgehead atoms. The number of hydrogen-bond acceptors (Lipinski definition) is 20. The van der Waals surface area contributed by atoms with Crippen molar-refractivity contribution in [2.45, 2.75) is 49.5 Å². The molecule has 1 aliphatic rings. The minimum atomic E-state index is -6.39. The summed E-state index contributed by atoms with van der Waals surface area (Å²) in [6.07, 6.45) is -15.7. The van der Waals surface area contributed by atoms with Gasteiger partial charge in [-0.2, -0.15) is 0 Å². The second-order valence-corrected chi connectivity index (χ2v) is 13.9. The number of aryl methyl sites for hydroxylation is 1. The van der Waals surface area contributed by atoms with Crippen molar-refractivity contribution >= 4 is 42.3 Å². The van der Waals surface area contributed by atoms with Crippen molar-refractivity contribution in [2.75, 3.05) is 6.61 Å². The maximum Gasteiger partial charge on any atom is 0.185 e. The average molecular weight is 727 g/mol. The quantitative estimate of drug-likeness (QED) is 0.105. The minimum Gasteiger partial charge on any atom is -0.790 e. The average Bonchev–Trinajstić information content (AvgIpc) is 3.32. The molecular weight excluding hydrogens is 706 g/mol. The number of ether oxygens (including phenoxy) is 1. The third kappa shape index (κ3) is 10.8. The molecule has 0 saturated heterocycles. The van der Waals surface area contributed by atoms with Crippen LogP contribution in [0.1, 0.15) is 12.0 Å². The molecule has 4 rings (SSSR count). The number of nitrogens with zero attached hydrogens (tertiary/aromatic N) is 3. The van der Waals surface area contributed by atoms with Crippen LogP contribution in [-0.4, -0.2) is 58.4 Å². The molecule has 46 heavy (non-hydrogen) atoms.